The van der Waals surface area contributed by atoms with Gasteiger partial charge < -0.3 is 15.4 Å². The quantitative estimate of drug-likeness (QED) is 0.790. The number of ether oxygens (including phenoxy) is 1. The van der Waals surface area contributed by atoms with Crippen molar-refractivity contribution in [1.82, 2.24) is 9.97 Å². The van der Waals surface area contributed by atoms with Crippen molar-refractivity contribution in [3.63, 3.8) is 0 Å². The van der Waals surface area contributed by atoms with Crippen LogP contribution >= 0.6 is 23.2 Å². The highest BCUT2D eigenvalue weighted by atomic mass is 35.5. The molecule has 1 aromatic carbocycles. The summed E-state index contributed by atoms with van der Waals surface area (Å²) >= 11 is 11.9. The van der Waals surface area contributed by atoms with Crippen LogP contribution in [0.3, 0.4) is 0 Å². The maximum Gasteiger partial charge on any atom is 0.275 e. The van der Waals surface area contributed by atoms with Crippen LogP contribution in [0.4, 0.5) is 11.5 Å². The second-order valence-electron chi connectivity index (χ2n) is 4.28. The summed E-state index contributed by atoms with van der Waals surface area (Å²) in [7, 11) is 1.61. The van der Waals surface area contributed by atoms with Crippen LogP contribution < -0.4 is 10.6 Å². The molecule has 2 N–H and O–H groups in total. The summed E-state index contributed by atoms with van der Waals surface area (Å²) in [5, 5.41) is 6.52. The van der Waals surface area contributed by atoms with Crippen molar-refractivity contribution in [3.05, 3.63) is 46.3 Å². The first kappa shape index (κ1) is 16.5. The number of nitrogens with one attached hydrogen (secondary N) is 2. The van der Waals surface area contributed by atoms with E-state index in [0.717, 1.165) is 0 Å². The van der Waals surface area contributed by atoms with Gasteiger partial charge in [-0.05, 0) is 18.2 Å². The molecule has 0 aliphatic carbocycles. The van der Waals surface area contributed by atoms with Crippen LogP contribution in [0.2, 0.25) is 10.0 Å². The normalized spacial score (nSPS) is 10.3. The van der Waals surface area contributed by atoms with Gasteiger partial charge in [-0.1, -0.05) is 23.2 Å². The SMILES string of the molecule is COCCNc1cnc(C(=O)Nc2cc(Cl)ccc2Cl)cn1. The van der Waals surface area contributed by atoms with E-state index in [1.54, 1.807) is 25.3 Å². The van der Waals surface area contributed by atoms with Crippen molar-refractivity contribution in [2.24, 2.45) is 0 Å². The van der Waals surface area contributed by atoms with E-state index in [2.05, 4.69) is 20.6 Å². The Kier molecular flexibility index (Phi) is 5.94. The number of carbonyl (C=O) groups excluding carboxylic acids is 1. The Morgan fingerprint density at radius 3 is 2.77 bits per heavy atom. The zero-order valence-electron chi connectivity index (χ0n) is 11.8. The Morgan fingerprint density at radius 1 is 1.27 bits per heavy atom. The molecule has 1 aromatic heterocycles. The number of aromatic nitrogens is 2. The molecule has 2 aromatic rings. The highest BCUT2D eigenvalue weighted by molar-refractivity contribution is 6.35. The number of halogens is 2. The lowest BCUT2D eigenvalue weighted by atomic mass is 10.3. The summed E-state index contributed by atoms with van der Waals surface area (Å²) in [6, 6.07) is 4.81. The third kappa shape index (κ3) is 4.56. The lowest BCUT2D eigenvalue weighted by Crippen LogP contribution is -2.15. The van der Waals surface area contributed by atoms with E-state index in [0.29, 0.717) is 34.7 Å². The molecule has 22 heavy (non-hydrogen) atoms. The molecule has 0 atom stereocenters. The van der Waals surface area contributed by atoms with E-state index in [1.165, 1.54) is 12.4 Å². The Morgan fingerprint density at radius 2 is 2.09 bits per heavy atom. The number of nitrogens with zero attached hydrogens (tertiary/aromatic N) is 2. The van der Waals surface area contributed by atoms with Gasteiger partial charge in [0, 0.05) is 18.7 Å². The number of benzene rings is 1. The van der Waals surface area contributed by atoms with Crippen molar-refractivity contribution < 1.29 is 9.53 Å². The van der Waals surface area contributed by atoms with Crippen molar-refractivity contribution >= 4 is 40.6 Å². The van der Waals surface area contributed by atoms with Crippen LogP contribution in [0, 0.1) is 0 Å². The van der Waals surface area contributed by atoms with E-state index in [-0.39, 0.29) is 5.69 Å². The van der Waals surface area contributed by atoms with Crippen molar-refractivity contribution in [2.75, 3.05) is 30.9 Å². The summed E-state index contributed by atoms with van der Waals surface area (Å²) in [4.78, 5) is 20.2. The molecule has 6 nitrogen and oxygen atoms in total. The number of methoxy groups -OCH3 is 1. The highest BCUT2D eigenvalue weighted by Gasteiger charge is 2.11. The smallest absolute Gasteiger partial charge is 0.275 e. The molecule has 1 heterocycles. The van der Waals surface area contributed by atoms with E-state index in [9.17, 15) is 4.79 Å². The molecule has 0 unspecified atom stereocenters. The molecule has 0 bridgehead atoms. The largest absolute Gasteiger partial charge is 0.383 e. The monoisotopic (exact) mass is 340 g/mol. The zero-order valence-corrected chi connectivity index (χ0v) is 13.3. The van der Waals surface area contributed by atoms with Gasteiger partial charge in [0.1, 0.15) is 11.5 Å². The molecule has 0 spiro atoms. The molecule has 0 fully saturated rings. The Hall–Kier alpha value is -1.89. The van der Waals surface area contributed by atoms with Crippen LogP contribution in [0.25, 0.3) is 0 Å². The van der Waals surface area contributed by atoms with Gasteiger partial charge in [0.15, 0.2) is 0 Å². The third-order valence-electron chi connectivity index (χ3n) is 2.67. The van der Waals surface area contributed by atoms with E-state index in [1.807, 2.05) is 0 Å². The summed E-state index contributed by atoms with van der Waals surface area (Å²) < 4.78 is 4.91. The molecule has 8 heteroatoms. The number of hydrogen-bond acceptors (Lipinski definition) is 5. The molecule has 0 radical (unpaired) electrons. The third-order valence-corrected chi connectivity index (χ3v) is 3.24. The van der Waals surface area contributed by atoms with Gasteiger partial charge in [-0.25, -0.2) is 9.97 Å². The van der Waals surface area contributed by atoms with Gasteiger partial charge in [-0.15, -0.1) is 0 Å². The van der Waals surface area contributed by atoms with Crippen LogP contribution in [-0.4, -0.2) is 36.1 Å². The molecule has 2 rings (SSSR count). The van der Waals surface area contributed by atoms with E-state index in [4.69, 9.17) is 27.9 Å². The number of anilines is 2. The molecule has 0 aliphatic heterocycles. The molecular formula is C14H14Cl2N4O2. The molecule has 116 valence electrons. The minimum Gasteiger partial charge on any atom is -0.383 e. The van der Waals surface area contributed by atoms with Crippen molar-refractivity contribution in [3.8, 4) is 0 Å². The second kappa shape index (κ2) is 7.93. The Balaban J connectivity index is 2.02. The van der Waals surface area contributed by atoms with Gasteiger partial charge in [0.05, 0.1) is 29.7 Å². The lowest BCUT2D eigenvalue weighted by molar-refractivity contribution is 0.102. The van der Waals surface area contributed by atoms with Crippen LogP contribution in [0.5, 0.6) is 0 Å². The van der Waals surface area contributed by atoms with E-state index < -0.39 is 5.91 Å². The molecule has 0 aliphatic rings. The predicted molar refractivity (Wildman–Crippen MR) is 86.8 cm³/mol. The molecular weight excluding hydrogens is 327 g/mol. The fourth-order valence-electron chi connectivity index (χ4n) is 1.60. The summed E-state index contributed by atoms with van der Waals surface area (Å²) in [6.07, 6.45) is 2.85. The first-order valence-electron chi connectivity index (χ1n) is 6.41. The molecule has 1 amide bonds. The summed E-state index contributed by atoms with van der Waals surface area (Å²) in [5.41, 5.74) is 0.594. The number of amides is 1. The Bertz CT molecular complexity index is 650. The molecule has 0 saturated heterocycles. The van der Waals surface area contributed by atoms with Gasteiger partial charge in [0.25, 0.3) is 5.91 Å². The summed E-state index contributed by atoms with van der Waals surface area (Å²) in [6.45, 7) is 1.16. The maximum absolute atomic E-state index is 12.1. The average Bonchev–Trinajstić information content (AvgIpc) is 2.52. The fourth-order valence-corrected chi connectivity index (χ4v) is 1.93. The van der Waals surface area contributed by atoms with Crippen molar-refractivity contribution in [1.29, 1.82) is 0 Å². The first-order valence-corrected chi connectivity index (χ1v) is 7.17. The second-order valence-corrected chi connectivity index (χ2v) is 5.13. The maximum atomic E-state index is 12.1. The highest BCUT2D eigenvalue weighted by Crippen LogP contribution is 2.25. The number of hydrogen-bond donors (Lipinski definition) is 2. The molecule has 0 saturated carbocycles. The van der Waals surface area contributed by atoms with Crippen LogP contribution in [0.1, 0.15) is 10.5 Å². The summed E-state index contributed by atoms with van der Waals surface area (Å²) in [5.74, 6) is 0.148. The topological polar surface area (TPSA) is 76.1 Å². The minimum absolute atomic E-state index is 0.174. The van der Waals surface area contributed by atoms with Gasteiger partial charge in [-0.2, -0.15) is 0 Å². The lowest BCUT2D eigenvalue weighted by Gasteiger charge is -2.08. The standard InChI is InChI=1S/C14H14Cl2N4O2/c1-22-5-4-17-13-8-18-12(7-19-13)14(21)20-11-6-9(15)2-3-10(11)16/h2-3,6-8H,4-5H2,1H3,(H,17,19)(H,20,21). The first-order chi connectivity index (χ1) is 10.6. The Labute approximate surface area is 137 Å². The van der Waals surface area contributed by atoms with Crippen LogP contribution in [-0.2, 0) is 4.74 Å². The van der Waals surface area contributed by atoms with E-state index >= 15 is 0 Å². The van der Waals surface area contributed by atoms with Crippen LogP contribution in [0.15, 0.2) is 30.6 Å². The fraction of sp³-hybridized carbons (Fsp3) is 0.214. The van der Waals surface area contributed by atoms with Gasteiger partial charge in [-0.3, -0.25) is 4.79 Å². The van der Waals surface area contributed by atoms with Gasteiger partial charge in [0.2, 0.25) is 0 Å². The predicted octanol–water partition coefficient (Wildman–Crippen LogP) is 3.09. The number of carbonyl (C=O) groups is 1. The minimum atomic E-state index is -0.417. The average molecular weight is 341 g/mol. The van der Waals surface area contributed by atoms with Crippen molar-refractivity contribution in [2.45, 2.75) is 0 Å². The zero-order chi connectivity index (χ0) is 15.9. The number of rotatable bonds is 6. The van der Waals surface area contributed by atoms with Gasteiger partial charge >= 0.3 is 0 Å².